The van der Waals surface area contributed by atoms with Crippen LogP contribution >= 0.6 is 0 Å². The fraction of sp³-hybridized carbons (Fsp3) is 0.692. The van der Waals surface area contributed by atoms with Crippen molar-refractivity contribution in [2.45, 2.75) is 115 Å². The lowest BCUT2D eigenvalue weighted by atomic mass is 10.0. The van der Waals surface area contributed by atoms with Crippen molar-refractivity contribution in [3.05, 3.63) is 35.9 Å². The number of nitrogens with zero attached hydrogens (tertiary/aromatic N) is 1. The quantitative estimate of drug-likeness (QED) is 0.307. The normalized spacial score (nSPS) is 20.1. The summed E-state index contributed by atoms with van der Waals surface area (Å²) in [6.45, 7) is 22.4. The van der Waals surface area contributed by atoms with Crippen molar-refractivity contribution < 1.29 is 18.4 Å². The maximum atomic E-state index is 13.0. The van der Waals surface area contributed by atoms with Gasteiger partial charge in [0, 0.05) is 13.0 Å². The van der Waals surface area contributed by atoms with Gasteiger partial charge in [-0.15, -0.1) is 0 Å². The first-order chi connectivity index (χ1) is 15.0. The molecule has 1 heterocycles. The van der Waals surface area contributed by atoms with Gasteiger partial charge in [0.1, 0.15) is 12.4 Å². The van der Waals surface area contributed by atoms with Gasteiger partial charge in [-0.2, -0.15) is 0 Å². The van der Waals surface area contributed by atoms with Gasteiger partial charge in [0.05, 0.1) is 12.1 Å². The third kappa shape index (κ3) is 6.65. The predicted molar refractivity (Wildman–Crippen MR) is 140 cm³/mol. The van der Waals surface area contributed by atoms with Crippen molar-refractivity contribution in [2.75, 3.05) is 0 Å². The summed E-state index contributed by atoms with van der Waals surface area (Å²) in [6, 6.07) is 9.84. The van der Waals surface area contributed by atoms with Crippen molar-refractivity contribution in [3.8, 4) is 0 Å². The van der Waals surface area contributed by atoms with Crippen LogP contribution in [0.2, 0.25) is 36.3 Å². The molecule has 0 saturated carbocycles. The van der Waals surface area contributed by atoms with Gasteiger partial charge in [0.15, 0.2) is 16.6 Å². The fourth-order valence-electron chi connectivity index (χ4n) is 3.65. The van der Waals surface area contributed by atoms with Crippen LogP contribution in [0.4, 0.5) is 0 Å². The van der Waals surface area contributed by atoms with Gasteiger partial charge in [-0.3, -0.25) is 4.79 Å². The molecule has 2 rings (SSSR count). The van der Waals surface area contributed by atoms with Crippen LogP contribution in [-0.2, 0) is 25.0 Å². The third-order valence-corrected chi connectivity index (χ3v) is 16.8. The van der Waals surface area contributed by atoms with E-state index in [1.807, 2.05) is 35.2 Å². The molecule has 1 aromatic rings. The summed E-state index contributed by atoms with van der Waals surface area (Å²) in [6.07, 6.45) is 0.889. The van der Waals surface area contributed by atoms with Crippen LogP contribution in [0.5, 0.6) is 0 Å². The van der Waals surface area contributed by atoms with E-state index in [0.29, 0.717) is 19.4 Å². The van der Waals surface area contributed by atoms with Crippen LogP contribution in [0.3, 0.4) is 0 Å². The summed E-state index contributed by atoms with van der Waals surface area (Å²) in [4.78, 5) is 27.4. The molecule has 186 valence electrons. The van der Waals surface area contributed by atoms with Crippen molar-refractivity contribution in [1.82, 2.24) is 4.90 Å². The van der Waals surface area contributed by atoms with Gasteiger partial charge >= 0.3 is 0 Å². The number of aldehydes is 1. The average molecular weight is 492 g/mol. The number of carbonyl (C=O) groups is 2. The number of amides is 1. The summed E-state index contributed by atoms with van der Waals surface area (Å²) in [7, 11) is -4.48. The lowest BCUT2D eigenvalue weighted by Gasteiger charge is -2.46. The fourth-order valence-corrected chi connectivity index (χ4v) is 6.20. The Hall–Kier alpha value is -1.29. The predicted octanol–water partition coefficient (Wildman–Crippen LogP) is 6.16. The maximum absolute atomic E-state index is 13.0. The Morgan fingerprint density at radius 2 is 1.48 bits per heavy atom. The zero-order valence-corrected chi connectivity index (χ0v) is 24.4. The molecule has 1 amide bonds. The van der Waals surface area contributed by atoms with Crippen molar-refractivity contribution in [1.29, 1.82) is 0 Å². The van der Waals surface area contributed by atoms with E-state index in [0.717, 1.165) is 11.8 Å². The Bertz CT molecular complexity index is 812. The molecule has 0 unspecified atom stereocenters. The van der Waals surface area contributed by atoms with E-state index in [4.69, 9.17) is 8.85 Å². The van der Waals surface area contributed by atoms with Gasteiger partial charge in [-0.05, 0) is 48.2 Å². The summed E-state index contributed by atoms with van der Waals surface area (Å²) in [5.74, 6) is 0.115. The molecule has 1 aliphatic heterocycles. The molecule has 3 atom stereocenters. The molecule has 0 spiro atoms. The molecule has 0 radical (unpaired) electrons. The van der Waals surface area contributed by atoms with Crippen LogP contribution in [0, 0.1) is 0 Å². The molecular formula is C26H45NO4Si2. The average Bonchev–Trinajstić information content (AvgIpc) is 3.03. The van der Waals surface area contributed by atoms with Gasteiger partial charge in [-0.25, -0.2) is 0 Å². The summed E-state index contributed by atoms with van der Waals surface area (Å²) in [5.41, 5.74) is 1.08. The third-order valence-electron chi connectivity index (χ3n) is 7.88. The first-order valence-electron chi connectivity index (χ1n) is 12.1. The zero-order chi connectivity index (χ0) is 25.2. The van der Waals surface area contributed by atoms with Gasteiger partial charge in [0.25, 0.3) is 0 Å². The Morgan fingerprint density at radius 1 is 0.970 bits per heavy atom. The smallest absolute Gasteiger partial charge is 0.223 e. The molecule has 7 heteroatoms. The largest absolute Gasteiger partial charge is 0.409 e. The number of benzene rings is 1. The number of rotatable bonds is 9. The number of likely N-dealkylation sites (tertiary alicyclic amines) is 1. The standard InChI is InChI=1S/C26H45NO4Si2/c1-25(2,3)32(7,8)30-22(19-28)24(31-33(9,10)26(4,5)6)21-16-17-23(29)27(21)18-20-14-12-11-13-15-20/h11-15,19,21-22,24H,16-18H2,1-10H3/t21-,22-,24+/m1/s1. The van der Waals surface area contributed by atoms with Crippen molar-refractivity contribution >= 4 is 28.8 Å². The molecule has 0 bridgehead atoms. The van der Waals surface area contributed by atoms with Crippen LogP contribution in [0.15, 0.2) is 30.3 Å². The summed E-state index contributed by atoms with van der Waals surface area (Å²) >= 11 is 0. The molecule has 1 aliphatic rings. The Morgan fingerprint density at radius 3 is 1.97 bits per heavy atom. The highest BCUT2D eigenvalue weighted by atomic mass is 28.4. The molecule has 1 saturated heterocycles. The number of hydrogen-bond donors (Lipinski definition) is 0. The van der Waals surface area contributed by atoms with E-state index >= 15 is 0 Å². The van der Waals surface area contributed by atoms with Crippen molar-refractivity contribution in [2.24, 2.45) is 0 Å². The van der Waals surface area contributed by atoms with E-state index in [1.165, 1.54) is 0 Å². The first kappa shape index (κ1) is 28.0. The van der Waals surface area contributed by atoms with Gasteiger partial charge in [-0.1, -0.05) is 71.9 Å². The Balaban J connectivity index is 2.46. The SMILES string of the molecule is CC(C)(C)[Si](C)(C)O[C@@H]([C@H]1CCC(=O)N1Cc1ccccc1)[C@@H](C=O)O[Si](C)(C)C(C)(C)C. The highest BCUT2D eigenvalue weighted by molar-refractivity contribution is 6.74. The lowest BCUT2D eigenvalue weighted by molar-refractivity contribution is -0.134. The first-order valence-corrected chi connectivity index (χ1v) is 18.0. The molecule has 33 heavy (non-hydrogen) atoms. The minimum atomic E-state index is -2.24. The summed E-state index contributed by atoms with van der Waals surface area (Å²) < 4.78 is 13.6. The lowest BCUT2D eigenvalue weighted by Crippen LogP contribution is -2.58. The van der Waals surface area contributed by atoms with E-state index in [2.05, 4.69) is 67.7 Å². The monoisotopic (exact) mass is 491 g/mol. The van der Waals surface area contributed by atoms with Crippen LogP contribution in [0.1, 0.15) is 59.9 Å². The van der Waals surface area contributed by atoms with Gasteiger partial charge < -0.3 is 18.5 Å². The van der Waals surface area contributed by atoms with Crippen LogP contribution in [-0.4, -0.2) is 52.0 Å². The molecule has 1 aromatic carbocycles. The summed E-state index contributed by atoms with van der Waals surface area (Å²) in [5, 5.41) is -0.0620. The second-order valence-electron chi connectivity index (χ2n) is 12.4. The highest BCUT2D eigenvalue weighted by Gasteiger charge is 2.49. The Kier molecular flexibility index (Phi) is 8.59. The number of carbonyl (C=O) groups excluding carboxylic acids is 2. The van der Waals surface area contributed by atoms with Crippen LogP contribution in [0.25, 0.3) is 0 Å². The minimum Gasteiger partial charge on any atom is -0.409 e. The second kappa shape index (κ2) is 10.1. The topological polar surface area (TPSA) is 55.8 Å². The Labute approximate surface area is 203 Å². The molecule has 0 aromatic heterocycles. The molecule has 5 nitrogen and oxygen atoms in total. The highest BCUT2D eigenvalue weighted by Crippen LogP contribution is 2.42. The van der Waals surface area contributed by atoms with Crippen molar-refractivity contribution in [3.63, 3.8) is 0 Å². The maximum Gasteiger partial charge on any atom is 0.223 e. The van der Waals surface area contributed by atoms with Crippen LogP contribution < -0.4 is 0 Å². The zero-order valence-electron chi connectivity index (χ0n) is 22.4. The van der Waals surface area contributed by atoms with E-state index in [9.17, 15) is 9.59 Å². The minimum absolute atomic E-state index is 0.0253. The van der Waals surface area contributed by atoms with E-state index in [1.54, 1.807) is 0 Å². The molecule has 0 aliphatic carbocycles. The molecular weight excluding hydrogens is 446 g/mol. The molecule has 1 fully saturated rings. The molecule has 0 N–H and O–H groups in total. The number of hydrogen-bond acceptors (Lipinski definition) is 4. The van der Waals surface area contributed by atoms with E-state index in [-0.39, 0.29) is 22.0 Å². The van der Waals surface area contributed by atoms with Gasteiger partial charge in [0.2, 0.25) is 5.91 Å². The van der Waals surface area contributed by atoms with E-state index < -0.39 is 28.8 Å². The second-order valence-corrected chi connectivity index (χ2v) is 21.9.